The van der Waals surface area contributed by atoms with Crippen LogP contribution in [0.5, 0.6) is 0 Å². The third-order valence-corrected chi connectivity index (χ3v) is 9.02. The predicted octanol–water partition coefficient (Wildman–Crippen LogP) is 12.0. The highest BCUT2D eigenvalue weighted by Crippen LogP contribution is 2.41. The number of para-hydroxylation sites is 1. The minimum absolute atomic E-state index is 0.0233. The summed E-state index contributed by atoms with van der Waals surface area (Å²) in [5, 5.41) is 3.92. The zero-order valence-electron chi connectivity index (χ0n) is 31.4. The van der Waals surface area contributed by atoms with Crippen molar-refractivity contribution in [2.24, 2.45) is 0 Å². The first-order valence-electron chi connectivity index (χ1n) is 18.7. The summed E-state index contributed by atoms with van der Waals surface area (Å²) in [7, 11) is 0. The zero-order valence-corrected chi connectivity index (χ0v) is 26.4. The summed E-state index contributed by atoms with van der Waals surface area (Å²) in [6.07, 6.45) is 0. The number of rotatable bonds is 5. The molecule has 10 aromatic rings. The molecule has 0 bridgehead atoms. The molecule has 0 amide bonds. The van der Waals surface area contributed by atoms with Crippen LogP contribution in [-0.2, 0) is 0 Å². The largest absolute Gasteiger partial charge is 0.456 e. The first-order chi connectivity index (χ1) is 26.8. The van der Waals surface area contributed by atoms with Crippen LogP contribution in [-0.4, -0.2) is 15.0 Å². The van der Waals surface area contributed by atoms with E-state index in [9.17, 15) is 0 Å². The first kappa shape index (κ1) is 23.5. The van der Waals surface area contributed by atoms with Crippen molar-refractivity contribution in [3.8, 4) is 56.4 Å². The van der Waals surface area contributed by atoms with Gasteiger partial charge in [-0.3, -0.25) is 0 Å². The second-order valence-electron chi connectivity index (χ2n) is 12.1. The van der Waals surface area contributed by atoms with Crippen molar-refractivity contribution in [2.75, 3.05) is 0 Å². The van der Waals surface area contributed by atoms with Gasteiger partial charge in [-0.25, -0.2) is 15.0 Å². The molecule has 7 aromatic carbocycles. The number of furan rings is 2. The van der Waals surface area contributed by atoms with Crippen LogP contribution in [0.15, 0.2) is 173 Å². The second kappa shape index (κ2) is 11.4. The van der Waals surface area contributed by atoms with Crippen molar-refractivity contribution in [1.82, 2.24) is 15.0 Å². The molecule has 0 radical (unpaired) electrons. The van der Waals surface area contributed by atoms with Gasteiger partial charge in [0.2, 0.25) is 0 Å². The van der Waals surface area contributed by atoms with E-state index in [1.54, 1.807) is 0 Å². The van der Waals surface area contributed by atoms with Crippen molar-refractivity contribution >= 4 is 43.9 Å². The van der Waals surface area contributed by atoms with Crippen LogP contribution < -0.4 is 0 Å². The van der Waals surface area contributed by atoms with E-state index < -0.39 is 18.1 Å². The first-order valence-corrected chi connectivity index (χ1v) is 16.2. The maximum Gasteiger partial charge on any atom is 0.164 e. The molecule has 0 N–H and O–H groups in total. The molecule has 0 aliphatic heterocycles. The van der Waals surface area contributed by atoms with Crippen molar-refractivity contribution in [3.63, 3.8) is 0 Å². The quantitative estimate of drug-likeness (QED) is 0.186. The maximum atomic E-state index is 8.61. The fourth-order valence-corrected chi connectivity index (χ4v) is 6.62. The molecule has 3 heterocycles. The van der Waals surface area contributed by atoms with E-state index in [1.807, 2.05) is 97.1 Å². The van der Waals surface area contributed by atoms with Crippen LogP contribution in [0.4, 0.5) is 0 Å². The van der Waals surface area contributed by atoms with Crippen LogP contribution in [0.1, 0.15) is 6.85 Å². The molecule has 0 saturated carbocycles. The number of aromatic nitrogens is 3. The number of hydrogen-bond acceptors (Lipinski definition) is 5. The van der Waals surface area contributed by atoms with Gasteiger partial charge < -0.3 is 8.83 Å². The molecule has 0 aliphatic rings. The van der Waals surface area contributed by atoms with Crippen LogP contribution in [0.25, 0.3) is 100 Å². The smallest absolute Gasteiger partial charge is 0.164 e. The zero-order chi connectivity index (χ0) is 37.4. The standard InChI is InChI=1S/C45H27N3O2/c1-4-12-28(13-5-1)33-25-36(42-38(26-33)34-18-10-11-19-39(34)50-42)31-21-23-40-37(24-31)35-22-20-32(27-41(35)49-40)45-47-43(29-14-6-2-7-15-29)46-44(48-45)30-16-8-3-9-17-30/h1-27H/i2D,6D,7D,14D,15D. The Balaban J connectivity index is 1.13. The highest BCUT2D eigenvalue weighted by molar-refractivity contribution is 6.13. The molecule has 234 valence electrons. The van der Waals surface area contributed by atoms with Crippen molar-refractivity contribution in [3.05, 3.63) is 164 Å². The van der Waals surface area contributed by atoms with E-state index in [-0.39, 0.29) is 29.3 Å². The molecular formula is C45H27N3O2. The average molecular weight is 647 g/mol. The third kappa shape index (κ3) is 4.75. The lowest BCUT2D eigenvalue weighted by Gasteiger charge is -2.08. The van der Waals surface area contributed by atoms with E-state index in [4.69, 9.17) is 20.7 Å². The number of fused-ring (bicyclic) bond motifs is 6. The topological polar surface area (TPSA) is 65.0 Å². The van der Waals surface area contributed by atoms with E-state index in [0.717, 1.165) is 55.0 Å². The van der Waals surface area contributed by atoms with E-state index >= 15 is 0 Å². The molecule has 50 heavy (non-hydrogen) atoms. The Morgan fingerprint density at radius 2 is 1.00 bits per heavy atom. The van der Waals surface area contributed by atoms with Crippen molar-refractivity contribution < 1.29 is 15.7 Å². The Labute approximate surface area is 294 Å². The molecule has 0 atom stereocenters. The van der Waals surface area contributed by atoms with E-state index in [0.29, 0.717) is 28.1 Å². The Morgan fingerprint density at radius 1 is 0.380 bits per heavy atom. The summed E-state index contributed by atoms with van der Waals surface area (Å²) >= 11 is 0. The van der Waals surface area contributed by atoms with Gasteiger partial charge in [0.05, 0.1) is 6.85 Å². The molecule has 0 saturated heterocycles. The lowest BCUT2D eigenvalue weighted by molar-refractivity contribution is 0.668. The Kier molecular flexibility index (Phi) is 5.35. The van der Waals surface area contributed by atoms with Crippen LogP contribution in [0, 0.1) is 0 Å². The van der Waals surface area contributed by atoms with Crippen LogP contribution >= 0.6 is 0 Å². The lowest BCUT2D eigenvalue weighted by atomic mass is 9.95. The highest BCUT2D eigenvalue weighted by atomic mass is 16.3. The van der Waals surface area contributed by atoms with Gasteiger partial charge in [-0.1, -0.05) is 121 Å². The van der Waals surface area contributed by atoms with Gasteiger partial charge >= 0.3 is 0 Å². The van der Waals surface area contributed by atoms with Gasteiger partial charge in [-0.05, 0) is 59.2 Å². The highest BCUT2D eigenvalue weighted by Gasteiger charge is 2.18. The molecule has 10 rings (SSSR count). The monoisotopic (exact) mass is 646 g/mol. The fraction of sp³-hybridized carbons (Fsp3) is 0. The summed E-state index contributed by atoms with van der Waals surface area (Å²) in [5.74, 6) is 0.546. The van der Waals surface area contributed by atoms with Crippen LogP contribution in [0.2, 0.25) is 0 Å². The molecular weight excluding hydrogens is 615 g/mol. The summed E-state index contributed by atoms with van der Waals surface area (Å²) in [4.78, 5) is 14.1. The van der Waals surface area contributed by atoms with Gasteiger partial charge in [0.25, 0.3) is 0 Å². The minimum Gasteiger partial charge on any atom is -0.456 e. The summed E-state index contributed by atoms with van der Waals surface area (Å²) in [6.45, 7) is 0. The van der Waals surface area contributed by atoms with E-state index in [2.05, 4.69) is 46.4 Å². The maximum absolute atomic E-state index is 8.61. The van der Waals surface area contributed by atoms with Gasteiger partial charge in [0.15, 0.2) is 17.5 Å². The third-order valence-electron chi connectivity index (χ3n) is 9.02. The molecule has 5 heteroatoms. The van der Waals surface area contributed by atoms with Gasteiger partial charge in [-0.2, -0.15) is 0 Å². The molecule has 0 aliphatic carbocycles. The Hall–Kier alpha value is -6.85. The molecule has 5 nitrogen and oxygen atoms in total. The van der Waals surface area contributed by atoms with Crippen molar-refractivity contribution in [2.45, 2.75) is 0 Å². The molecule has 3 aromatic heterocycles. The molecule has 0 fully saturated rings. The molecule has 0 unspecified atom stereocenters. The van der Waals surface area contributed by atoms with E-state index in [1.165, 1.54) is 0 Å². The minimum atomic E-state index is -0.485. The predicted molar refractivity (Wildman–Crippen MR) is 202 cm³/mol. The summed E-state index contributed by atoms with van der Waals surface area (Å²) < 4.78 is 54.7. The molecule has 0 spiro atoms. The number of benzene rings is 7. The lowest BCUT2D eigenvalue weighted by Crippen LogP contribution is -2.00. The average Bonchev–Trinajstić information content (AvgIpc) is 3.80. The van der Waals surface area contributed by atoms with Gasteiger partial charge in [-0.15, -0.1) is 0 Å². The van der Waals surface area contributed by atoms with Crippen molar-refractivity contribution in [1.29, 1.82) is 0 Å². The second-order valence-corrected chi connectivity index (χ2v) is 12.1. The SMILES string of the molecule is [2H]c1c([2H])c([2H])c(-c2nc(-c3ccccc3)nc(-c3ccc4c(c3)oc3ccc(-c5cc(-c6ccccc6)cc6c5oc5ccccc56)cc34)n2)c([2H])c1[2H]. The number of nitrogens with zero attached hydrogens (tertiary/aromatic N) is 3. The fourth-order valence-electron chi connectivity index (χ4n) is 6.62. The van der Waals surface area contributed by atoms with Crippen LogP contribution in [0.3, 0.4) is 0 Å². The normalized spacial score (nSPS) is 13.0. The number of hydrogen-bond donors (Lipinski definition) is 0. The summed E-state index contributed by atoms with van der Waals surface area (Å²) in [5.41, 5.74) is 8.32. The van der Waals surface area contributed by atoms with Gasteiger partial charge in [0, 0.05) is 43.8 Å². The Bertz CT molecular complexity index is 3130. The Morgan fingerprint density at radius 3 is 1.80 bits per heavy atom. The van der Waals surface area contributed by atoms with Gasteiger partial charge in [0.1, 0.15) is 22.3 Å². The summed E-state index contributed by atoms with van der Waals surface area (Å²) in [6, 6.07) is 41.8.